The third-order valence-corrected chi connectivity index (χ3v) is 24.9. The normalized spacial score (nSPS) is 12.5. The van der Waals surface area contributed by atoms with Crippen LogP contribution in [0.5, 0.6) is 0 Å². The Hall–Kier alpha value is -5.80. The van der Waals surface area contributed by atoms with Gasteiger partial charge in [-0.15, -0.1) is 7.35 Å². The van der Waals surface area contributed by atoms with Gasteiger partial charge in [0.1, 0.15) is 34.9 Å². The van der Waals surface area contributed by atoms with Crippen molar-refractivity contribution < 1.29 is 65.9 Å². The standard InChI is InChI=1S/C42H21BF15PSi/c44-28-25(29(45)35(51)40(56)34(28)50)43(26-30(46)36(52)41(57)37(53)31(26)47,27-32(48)38(54)42(58)39(55)33(27)49)59(21-13-5-1-6-14-21)60(22-15-7-2-8-16-22,23-17-9-3-10-18-23)24-19-11-4-12-20-24/h1-20,59H. The molecule has 0 fully saturated rings. The summed E-state index contributed by atoms with van der Waals surface area (Å²) < 4.78 is 243. The fourth-order valence-corrected chi connectivity index (χ4v) is 25.4. The molecule has 0 bridgehead atoms. The smallest absolute Gasteiger partial charge is 0.207 e. The molecule has 0 aliphatic heterocycles. The van der Waals surface area contributed by atoms with E-state index in [-0.39, 0.29) is 15.6 Å². The van der Waals surface area contributed by atoms with Crippen molar-refractivity contribution in [2.75, 3.05) is 0 Å². The molecule has 18 heteroatoms. The van der Waals surface area contributed by atoms with Gasteiger partial charge in [0.25, 0.3) is 13.6 Å². The first-order chi connectivity index (χ1) is 28.6. The highest BCUT2D eigenvalue weighted by molar-refractivity contribution is 8.30. The summed E-state index contributed by atoms with van der Waals surface area (Å²) in [5, 5.41) is -0.628. The summed E-state index contributed by atoms with van der Waals surface area (Å²) in [6.45, 7) is 0. The molecule has 0 amide bonds. The SMILES string of the molecule is Fc1c(F)c(F)c([B-](c2c(F)c(F)c(F)c(F)c2F)(c2c(F)c(F)c(F)c(F)c2F)[PH+](c2ccccc2)[Si](c2ccccc2)(c2ccccc2)c2ccccc2)c(F)c1F. The lowest BCUT2D eigenvalue weighted by Crippen LogP contribution is -2.80. The fraction of sp³-hybridized carbons (Fsp3) is 0. The minimum atomic E-state index is -6.01. The van der Waals surface area contributed by atoms with E-state index in [1.54, 1.807) is 0 Å². The topological polar surface area (TPSA) is 0 Å². The molecule has 0 spiro atoms. The Kier molecular flexibility index (Phi) is 11.3. The van der Waals surface area contributed by atoms with Gasteiger partial charge in [0.2, 0.25) is 0 Å². The van der Waals surface area contributed by atoms with Crippen molar-refractivity contribution in [2.45, 2.75) is 0 Å². The second-order valence-corrected chi connectivity index (χ2v) is 22.8. The summed E-state index contributed by atoms with van der Waals surface area (Å²) in [4.78, 5) is 0. The first kappa shape index (κ1) is 42.3. The van der Waals surface area contributed by atoms with Crippen molar-refractivity contribution in [3.05, 3.63) is 209 Å². The Morgan fingerprint density at radius 2 is 0.467 bits per heavy atom. The Bertz CT molecular complexity index is 2430. The summed E-state index contributed by atoms with van der Waals surface area (Å²) in [5.41, 5.74) is -7.85. The van der Waals surface area contributed by atoms with Crippen LogP contribution in [0.15, 0.2) is 121 Å². The van der Waals surface area contributed by atoms with Crippen molar-refractivity contribution in [3.8, 4) is 0 Å². The summed E-state index contributed by atoms with van der Waals surface area (Å²) in [6, 6.07) is 26.0. The van der Waals surface area contributed by atoms with Gasteiger partial charge in [-0.1, -0.05) is 126 Å². The molecule has 0 aliphatic carbocycles. The van der Waals surface area contributed by atoms with Crippen LogP contribution < -0.4 is 37.3 Å². The van der Waals surface area contributed by atoms with Crippen LogP contribution in [0.4, 0.5) is 65.9 Å². The van der Waals surface area contributed by atoms with Gasteiger partial charge >= 0.3 is 0 Å². The van der Waals surface area contributed by atoms with Crippen LogP contribution >= 0.6 is 7.35 Å². The van der Waals surface area contributed by atoms with Gasteiger partial charge in [-0.05, 0) is 27.7 Å². The first-order valence-corrected chi connectivity index (χ1v) is 22.0. The van der Waals surface area contributed by atoms with E-state index in [9.17, 15) is 0 Å². The number of hydrogen-bond acceptors (Lipinski definition) is 0. The van der Waals surface area contributed by atoms with Gasteiger partial charge in [0, 0.05) is 5.30 Å². The highest BCUT2D eigenvalue weighted by Crippen LogP contribution is 2.55. The molecule has 0 heterocycles. The predicted octanol–water partition coefficient (Wildman–Crippen LogP) is 7.95. The van der Waals surface area contributed by atoms with Gasteiger partial charge in [-0.3, -0.25) is 0 Å². The van der Waals surface area contributed by atoms with Crippen LogP contribution in [0.3, 0.4) is 0 Å². The predicted molar refractivity (Wildman–Crippen MR) is 202 cm³/mol. The molecule has 1 unspecified atom stereocenters. The van der Waals surface area contributed by atoms with Crippen LogP contribution in [0.1, 0.15) is 0 Å². The molecule has 0 N–H and O–H groups in total. The zero-order valence-electron chi connectivity index (χ0n) is 29.8. The lowest BCUT2D eigenvalue weighted by atomic mass is 9.33. The Morgan fingerprint density at radius 3 is 0.700 bits per heavy atom. The Morgan fingerprint density at radius 1 is 0.267 bits per heavy atom. The average molecular weight is 880 g/mol. The molecule has 1 atom stereocenters. The number of hydrogen-bond donors (Lipinski definition) is 0. The van der Waals surface area contributed by atoms with Gasteiger partial charge in [-0.25, -0.2) is 65.9 Å². The molecule has 60 heavy (non-hydrogen) atoms. The summed E-state index contributed by atoms with van der Waals surface area (Å²) in [7, 11) is -9.85. The quantitative estimate of drug-likeness (QED) is 0.0345. The van der Waals surface area contributed by atoms with Crippen LogP contribution in [-0.2, 0) is 0 Å². The molecular formula is C42H21BF15PSi. The van der Waals surface area contributed by atoms with Crippen LogP contribution in [0.25, 0.3) is 0 Å². The zero-order chi connectivity index (χ0) is 43.4. The molecule has 0 aromatic heterocycles. The van der Waals surface area contributed by atoms with E-state index in [4.69, 9.17) is 0 Å². The van der Waals surface area contributed by atoms with Crippen molar-refractivity contribution in [1.82, 2.24) is 0 Å². The van der Waals surface area contributed by atoms with E-state index in [2.05, 4.69) is 0 Å². The maximum atomic E-state index is 17.1. The minimum absolute atomic E-state index is 0.0389. The number of benzene rings is 7. The molecule has 7 aromatic rings. The molecule has 0 aliphatic rings. The van der Waals surface area contributed by atoms with Crippen molar-refractivity contribution in [3.63, 3.8) is 0 Å². The van der Waals surface area contributed by atoms with Crippen LogP contribution in [-0.4, -0.2) is 13.6 Å². The maximum absolute atomic E-state index is 17.1. The number of halogens is 15. The molecule has 7 aromatic carbocycles. The molecule has 0 nitrogen and oxygen atoms in total. The largest absolute Gasteiger partial charge is 0.285 e. The molecule has 0 saturated heterocycles. The highest BCUT2D eigenvalue weighted by atomic mass is 31.4. The van der Waals surface area contributed by atoms with Gasteiger partial charge in [-0.2, -0.15) is 0 Å². The van der Waals surface area contributed by atoms with E-state index in [0.717, 1.165) is 24.3 Å². The monoisotopic (exact) mass is 880 g/mol. The second-order valence-electron chi connectivity index (χ2n) is 13.4. The van der Waals surface area contributed by atoms with Crippen LogP contribution in [0, 0.1) is 87.3 Å². The van der Waals surface area contributed by atoms with E-state index < -0.39 is 130 Å². The van der Waals surface area contributed by atoms with Crippen molar-refractivity contribution in [2.24, 2.45) is 0 Å². The average Bonchev–Trinajstić information content (AvgIpc) is 3.27. The summed E-state index contributed by atoms with van der Waals surface area (Å²) in [6.07, 6.45) is 0. The van der Waals surface area contributed by atoms with Gasteiger partial charge < -0.3 is 0 Å². The molecule has 7 rings (SSSR count). The maximum Gasteiger partial charge on any atom is 0.285 e. The van der Waals surface area contributed by atoms with Crippen molar-refractivity contribution >= 4 is 58.2 Å². The van der Waals surface area contributed by atoms with E-state index in [1.807, 2.05) is 0 Å². The third kappa shape index (κ3) is 6.07. The zero-order valence-corrected chi connectivity index (χ0v) is 31.8. The lowest BCUT2D eigenvalue weighted by Gasteiger charge is -2.51. The molecule has 0 saturated carbocycles. The lowest BCUT2D eigenvalue weighted by molar-refractivity contribution is 0.380. The number of rotatable bonds is 9. The van der Waals surface area contributed by atoms with Gasteiger partial charge in [0.15, 0.2) is 52.4 Å². The Labute approximate surface area is 332 Å². The minimum Gasteiger partial charge on any atom is -0.207 e. The van der Waals surface area contributed by atoms with Crippen LogP contribution in [0.2, 0.25) is 0 Å². The molecule has 0 radical (unpaired) electrons. The molecular weight excluding hydrogens is 859 g/mol. The second kappa shape index (κ2) is 16.0. The Balaban J connectivity index is 2.01. The van der Waals surface area contributed by atoms with E-state index in [1.165, 1.54) is 97.1 Å². The van der Waals surface area contributed by atoms with E-state index in [0.29, 0.717) is 0 Å². The summed E-state index contributed by atoms with van der Waals surface area (Å²) >= 11 is 0. The third-order valence-electron chi connectivity index (χ3n) is 10.6. The van der Waals surface area contributed by atoms with Gasteiger partial charge in [0.05, 0.1) is 0 Å². The molecule has 306 valence electrons. The highest BCUT2D eigenvalue weighted by Gasteiger charge is 2.66. The first-order valence-electron chi connectivity index (χ1n) is 17.4. The van der Waals surface area contributed by atoms with E-state index >= 15 is 65.9 Å². The van der Waals surface area contributed by atoms with Crippen molar-refractivity contribution in [1.29, 1.82) is 0 Å². The summed E-state index contributed by atoms with van der Waals surface area (Å²) in [5.74, 6) is -51.4. The fourth-order valence-electron chi connectivity index (χ4n) is 8.31.